The Morgan fingerprint density at radius 3 is 2.67 bits per heavy atom. The normalized spacial score (nSPS) is 12.2. The van der Waals surface area contributed by atoms with Crippen molar-refractivity contribution < 1.29 is 4.79 Å². The molecule has 18 heavy (non-hydrogen) atoms. The van der Waals surface area contributed by atoms with Gasteiger partial charge in [-0.1, -0.05) is 18.2 Å². The second kappa shape index (κ2) is 7.44. The van der Waals surface area contributed by atoms with Gasteiger partial charge in [-0.3, -0.25) is 4.79 Å². The number of aryl methyl sites for hydroxylation is 1. The fourth-order valence-electron chi connectivity index (χ4n) is 1.88. The first-order valence-electron chi connectivity index (χ1n) is 6.23. The lowest BCUT2D eigenvalue weighted by molar-refractivity contribution is -0.119. The molecule has 0 aromatic heterocycles. The molecular formula is C14H22N2OS. The lowest BCUT2D eigenvalue weighted by Gasteiger charge is -2.25. The molecule has 1 amide bonds. The standard InChI is InChI=1S/C14H22N2OS/c1-4-16(13-8-6-5-7-11(13)2)14(17)12(15)9-10-18-3/h5-8,12H,4,9-10,15H2,1-3H3/t12-/m0/s1. The van der Waals surface area contributed by atoms with Crippen LogP contribution < -0.4 is 10.6 Å². The highest BCUT2D eigenvalue weighted by molar-refractivity contribution is 7.98. The van der Waals surface area contributed by atoms with Crippen LogP contribution in [0, 0.1) is 6.92 Å². The Balaban J connectivity index is 2.83. The van der Waals surface area contributed by atoms with Crippen molar-refractivity contribution in [1.29, 1.82) is 0 Å². The number of anilines is 1. The number of para-hydroxylation sites is 1. The summed E-state index contributed by atoms with van der Waals surface area (Å²) in [5, 5.41) is 0. The van der Waals surface area contributed by atoms with Crippen molar-refractivity contribution in [2.75, 3.05) is 23.5 Å². The molecule has 0 radical (unpaired) electrons. The summed E-state index contributed by atoms with van der Waals surface area (Å²) in [6.07, 6.45) is 2.75. The van der Waals surface area contributed by atoms with Gasteiger partial charge in [-0.25, -0.2) is 0 Å². The van der Waals surface area contributed by atoms with Gasteiger partial charge in [-0.15, -0.1) is 0 Å². The molecule has 1 atom stereocenters. The average molecular weight is 266 g/mol. The van der Waals surface area contributed by atoms with Crippen molar-refractivity contribution in [3.05, 3.63) is 29.8 Å². The van der Waals surface area contributed by atoms with Crippen LogP contribution in [-0.2, 0) is 4.79 Å². The van der Waals surface area contributed by atoms with E-state index in [1.54, 1.807) is 16.7 Å². The first kappa shape index (κ1) is 15.1. The topological polar surface area (TPSA) is 46.3 Å². The van der Waals surface area contributed by atoms with Crippen molar-refractivity contribution in [3.8, 4) is 0 Å². The van der Waals surface area contributed by atoms with Crippen LogP contribution in [-0.4, -0.2) is 30.5 Å². The number of thioether (sulfide) groups is 1. The molecule has 100 valence electrons. The van der Waals surface area contributed by atoms with Gasteiger partial charge in [0.25, 0.3) is 0 Å². The Morgan fingerprint density at radius 2 is 2.11 bits per heavy atom. The molecular weight excluding hydrogens is 244 g/mol. The van der Waals surface area contributed by atoms with Crippen molar-refractivity contribution in [3.63, 3.8) is 0 Å². The molecule has 0 aliphatic carbocycles. The highest BCUT2D eigenvalue weighted by Crippen LogP contribution is 2.20. The molecule has 4 heteroatoms. The molecule has 0 saturated carbocycles. The van der Waals surface area contributed by atoms with Gasteiger partial charge < -0.3 is 10.6 Å². The van der Waals surface area contributed by atoms with Gasteiger partial charge in [0.1, 0.15) is 0 Å². The molecule has 2 N–H and O–H groups in total. The third-order valence-corrected chi connectivity index (χ3v) is 3.58. The number of likely N-dealkylation sites (N-methyl/N-ethyl adjacent to an activating group) is 1. The van der Waals surface area contributed by atoms with Crippen LogP contribution in [0.15, 0.2) is 24.3 Å². The number of carbonyl (C=O) groups excluding carboxylic acids is 1. The summed E-state index contributed by atoms with van der Waals surface area (Å²) < 4.78 is 0. The summed E-state index contributed by atoms with van der Waals surface area (Å²) in [5.74, 6) is 0.930. The number of hydrogen-bond acceptors (Lipinski definition) is 3. The Kier molecular flexibility index (Phi) is 6.22. The first-order chi connectivity index (χ1) is 8.61. The number of rotatable bonds is 6. The van der Waals surface area contributed by atoms with Crippen LogP contribution in [0.1, 0.15) is 18.9 Å². The van der Waals surface area contributed by atoms with E-state index >= 15 is 0 Å². The van der Waals surface area contributed by atoms with Gasteiger partial charge in [0.15, 0.2) is 0 Å². The number of benzene rings is 1. The molecule has 0 bridgehead atoms. The number of amides is 1. The summed E-state index contributed by atoms with van der Waals surface area (Å²) in [6.45, 7) is 4.64. The second-order valence-corrected chi connectivity index (χ2v) is 5.24. The maximum absolute atomic E-state index is 12.3. The molecule has 1 aromatic rings. The molecule has 0 saturated heterocycles. The predicted molar refractivity (Wildman–Crippen MR) is 80.2 cm³/mol. The van der Waals surface area contributed by atoms with Crippen molar-refractivity contribution >= 4 is 23.4 Å². The molecule has 1 aromatic carbocycles. The largest absolute Gasteiger partial charge is 0.320 e. The molecule has 0 aliphatic rings. The van der Waals surface area contributed by atoms with Crippen LogP contribution in [0.3, 0.4) is 0 Å². The van der Waals surface area contributed by atoms with Gasteiger partial charge in [0, 0.05) is 12.2 Å². The lowest BCUT2D eigenvalue weighted by atomic mass is 10.1. The highest BCUT2D eigenvalue weighted by Gasteiger charge is 2.21. The van der Waals surface area contributed by atoms with Crippen LogP contribution in [0.5, 0.6) is 0 Å². The zero-order chi connectivity index (χ0) is 13.5. The number of nitrogens with two attached hydrogens (primary N) is 1. The van der Waals surface area contributed by atoms with Crippen LogP contribution in [0.25, 0.3) is 0 Å². The maximum Gasteiger partial charge on any atom is 0.243 e. The molecule has 3 nitrogen and oxygen atoms in total. The highest BCUT2D eigenvalue weighted by atomic mass is 32.2. The Labute approximate surface area is 114 Å². The van der Waals surface area contributed by atoms with Crippen molar-refractivity contribution in [1.82, 2.24) is 0 Å². The van der Waals surface area contributed by atoms with Crippen LogP contribution in [0.2, 0.25) is 0 Å². The van der Waals surface area contributed by atoms with E-state index in [9.17, 15) is 4.79 Å². The average Bonchev–Trinajstić information content (AvgIpc) is 2.38. The van der Waals surface area contributed by atoms with Crippen LogP contribution >= 0.6 is 11.8 Å². The van der Waals surface area contributed by atoms with E-state index in [0.717, 1.165) is 23.4 Å². The fraction of sp³-hybridized carbons (Fsp3) is 0.500. The second-order valence-electron chi connectivity index (χ2n) is 4.26. The summed E-state index contributed by atoms with van der Waals surface area (Å²) in [5.41, 5.74) is 8.03. The SMILES string of the molecule is CCN(C(=O)[C@@H](N)CCSC)c1ccccc1C. The Morgan fingerprint density at radius 1 is 1.44 bits per heavy atom. The van der Waals surface area contributed by atoms with E-state index in [1.165, 1.54) is 0 Å². The number of hydrogen-bond donors (Lipinski definition) is 1. The van der Waals surface area contributed by atoms with Crippen molar-refractivity contribution in [2.45, 2.75) is 26.3 Å². The number of carbonyl (C=O) groups is 1. The summed E-state index contributed by atoms with van der Waals surface area (Å²) in [4.78, 5) is 14.1. The maximum atomic E-state index is 12.3. The molecule has 0 aliphatic heterocycles. The van der Waals surface area contributed by atoms with E-state index in [0.29, 0.717) is 6.54 Å². The summed E-state index contributed by atoms with van der Waals surface area (Å²) in [6, 6.07) is 7.50. The fourth-order valence-corrected chi connectivity index (χ4v) is 2.37. The molecule has 0 spiro atoms. The third-order valence-electron chi connectivity index (χ3n) is 2.94. The van der Waals surface area contributed by atoms with Crippen molar-refractivity contribution in [2.24, 2.45) is 5.73 Å². The van der Waals surface area contributed by atoms with Gasteiger partial charge in [-0.05, 0) is 43.9 Å². The number of nitrogens with zero attached hydrogens (tertiary/aromatic N) is 1. The van der Waals surface area contributed by atoms with Gasteiger partial charge in [0.05, 0.1) is 6.04 Å². The zero-order valence-electron chi connectivity index (χ0n) is 11.3. The monoisotopic (exact) mass is 266 g/mol. The summed E-state index contributed by atoms with van der Waals surface area (Å²) >= 11 is 1.71. The predicted octanol–water partition coefficient (Wildman–Crippen LogP) is 2.43. The van der Waals surface area contributed by atoms with E-state index < -0.39 is 6.04 Å². The smallest absolute Gasteiger partial charge is 0.243 e. The Bertz CT molecular complexity index is 395. The lowest BCUT2D eigenvalue weighted by Crippen LogP contribution is -2.44. The summed E-state index contributed by atoms with van der Waals surface area (Å²) in [7, 11) is 0. The molecule has 1 rings (SSSR count). The molecule has 0 fully saturated rings. The molecule has 0 unspecified atom stereocenters. The van der Waals surface area contributed by atoms with Gasteiger partial charge in [0.2, 0.25) is 5.91 Å². The van der Waals surface area contributed by atoms with E-state index in [-0.39, 0.29) is 5.91 Å². The van der Waals surface area contributed by atoms with E-state index in [2.05, 4.69) is 0 Å². The van der Waals surface area contributed by atoms with Gasteiger partial charge >= 0.3 is 0 Å². The zero-order valence-corrected chi connectivity index (χ0v) is 12.2. The quantitative estimate of drug-likeness (QED) is 0.860. The third kappa shape index (κ3) is 3.75. The van der Waals surface area contributed by atoms with Crippen LogP contribution in [0.4, 0.5) is 5.69 Å². The minimum Gasteiger partial charge on any atom is -0.320 e. The first-order valence-corrected chi connectivity index (χ1v) is 7.62. The van der Waals surface area contributed by atoms with E-state index in [4.69, 9.17) is 5.73 Å². The minimum atomic E-state index is -0.406. The Hall–Kier alpha value is -1.00. The van der Waals surface area contributed by atoms with Gasteiger partial charge in [-0.2, -0.15) is 11.8 Å². The minimum absolute atomic E-state index is 0.0147. The molecule has 0 heterocycles. The van der Waals surface area contributed by atoms with E-state index in [1.807, 2.05) is 44.4 Å².